The summed E-state index contributed by atoms with van der Waals surface area (Å²) in [6.07, 6.45) is 4.88. The highest BCUT2D eigenvalue weighted by atomic mass is 16.5. The molecule has 92 valence electrons. The lowest BCUT2D eigenvalue weighted by atomic mass is 9.98. The molecular formula is C17H18O. The topological polar surface area (TPSA) is 9.23 Å². The lowest BCUT2D eigenvalue weighted by molar-refractivity contribution is 0.164. The van der Waals surface area contributed by atoms with Gasteiger partial charge >= 0.3 is 0 Å². The van der Waals surface area contributed by atoms with Crippen molar-refractivity contribution < 1.29 is 4.74 Å². The molecule has 1 aliphatic heterocycles. The Morgan fingerprint density at radius 2 is 1.72 bits per heavy atom. The van der Waals surface area contributed by atoms with E-state index in [2.05, 4.69) is 54.6 Å². The van der Waals surface area contributed by atoms with E-state index in [1.54, 1.807) is 0 Å². The monoisotopic (exact) mass is 238 g/mol. The van der Waals surface area contributed by atoms with Crippen molar-refractivity contribution in [2.24, 2.45) is 0 Å². The molecule has 18 heavy (non-hydrogen) atoms. The first-order chi connectivity index (χ1) is 8.92. The van der Waals surface area contributed by atoms with E-state index in [0.717, 1.165) is 31.4 Å². The van der Waals surface area contributed by atoms with Crippen LogP contribution >= 0.6 is 0 Å². The summed E-state index contributed by atoms with van der Waals surface area (Å²) in [5.41, 5.74) is 2.76. The molecule has 1 atom stereocenters. The highest BCUT2D eigenvalue weighted by Crippen LogP contribution is 2.28. The van der Waals surface area contributed by atoms with Gasteiger partial charge in [-0.2, -0.15) is 0 Å². The molecule has 0 N–H and O–H groups in total. The van der Waals surface area contributed by atoms with Gasteiger partial charge in [0.05, 0.1) is 6.10 Å². The fourth-order valence-electron chi connectivity index (χ4n) is 2.56. The molecule has 0 aromatic heterocycles. The summed E-state index contributed by atoms with van der Waals surface area (Å²) in [5.74, 6) is 1.09. The number of ether oxygens (including phenoxy) is 1. The van der Waals surface area contributed by atoms with Crippen LogP contribution in [0.3, 0.4) is 0 Å². The molecule has 0 saturated heterocycles. The first-order valence-corrected chi connectivity index (χ1v) is 6.70. The summed E-state index contributed by atoms with van der Waals surface area (Å²) in [5, 5.41) is 0. The zero-order chi connectivity index (χ0) is 12.2. The predicted molar refractivity (Wildman–Crippen MR) is 73.9 cm³/mol. The molecule has 1 heteroatoms. The van der Waals surface area contributed by atoms with E-state index >= 15 is 0 Å². The summed E-state index contributed by atoms with van der Waals surface area (Å²) >= 11 is 0. The van der Waals surface area contributed by atoms with Crippen LogP contribution in [0.1, 0.15) is 24.0 Å². The van der Waals surface area contributed by atoms with Crippen molar-refractivity contribution in [1.82, 2.24) is 0 Å². The summed E-state index contributed by atoms with van der Waals surface area (Å²) in [7, 11) is 0. The van der Waals surface area contributed by atoms with Gasteiger partial charge in [-0.25, -0.2) is 0 Å². The van der Waals surface area contributed by atoms with E-state index in [4.69, 9.17) is 4.74 Å². The average molecular weight is 238 g/mol. The third-order valence-corrected chi connectivity index (χ3v) is 3.60. The minimum absolute atomic E-state index is 0.375. The maximum Gasteiger partial charge on any atom is 0.122 e. The first-order valence-electron chi connectivity index (χ1n) is 6.70. The molecule has 0 fully saturated rings. The highest BCUT2D eigenvalue weighted by Gasteiger charge is 2.18. The number of hydrogen-bond acceptors (Lipinski definition) is 1. The number of fused-ring (bicyclic) bond motifs is 1. The lowest BCUT2D eigenvalue weighted by Crippen LogP contribution is -2.23. The van der Waals surface area contributed by atoms with Gasteiger partial charge in [0.25, 0.3) is 0 Å². The normalized spacial score (nSPS) is 17.9. The minimum Gasteiger partial charge on any atom is -0.490 e. The third-order valence-electron chi connectivity index (χ3n) is 3.60. The van der Waals surface area contributed by atoms with E-state index in [9.17, 15) is 0 Å². The van der Waals surface area contributed by atoms with Gasteiger partial charge < -0.3 is 4.74 Å². The van der Waals surface area contributed by atoms with E-state index in [1.165, 1.54) is 11.1 Å². The van der Waals surface area contributed by atoms with Crippen LogP contribution < -0.4 is 4.74 Å². The molecule has 0 aliphatic carbocycles. The number of aryl methyl sites for hydroxylation is 2. The molecule has 0 spiro atoms. The van der Waals surface area contributed by atoms with Crippen LogP contribution in [-0.2, 0) is 12.8 Å². The minimum atomic E-state index is 0.375. The van der Waals surface area contributed by atoms with Gasteiger partial charge in [-0.1, -0.05) is 48.5 Å². The standard InChI is InChI=1S/C17H18O/c1-2-6-14(7-3-1)10-12-16-13-11-15-8-4-5-9-17(15)18-16/h1-9,16H,10-13H2. The maximum atomic E-state index is 6.05. The van der Waals surface area contributed by atoms with E-state index in [1.807, 2.05) is 0 Å². The van der Waals surface area contributed by atoms with Crippen molar-refractivity contribution in [3.63, 3.8) is 0 Å². The SMILES string of the molecule is c1ccc(CCC2CCc3ccccc3O2)cc1. The summed E-state index contributed by atoms with van der Waals surface area (Å²) < 4.78 is 6.05. The van der Waals surface area contributed by atoms with Gasteiger partial charge in [-0.05, 0) is 42.9 Å². The lowest BCUT2D eigenvalue weighted by Gasteiger charge is -2.26. The number of benzene rings is 2. The molecule has 0 saturated carbocycles. The van der Waals surface area contributed by atoms with Gasteiger partial charge in [-0.15, -0.1) is 0 Å². The Morgan fingerprint density at radius 1 is 0.944 bits per heavy atom. The van der Waals surface area contributed by atoms with Gasteiger partial charge in [0.2, 0.25) is 0 Å². The number of rotatable bonds is 3. The van der Waals surface area contributed by atoms with Crippen molar-refractivity contribution in [2.75, 3.05) is 0 Å². The number of para-hydroxylation sites is 1. The van der Waals surface area contributed by atoms with E-state index in [0.29, 0.717) is 6.10 Å². The number of hydrogen-bond donors (Lipinski definition) is 0. The fourth-order valence-corrected chi connectivity index (χ4v) is 2.56. The smallest absolute Gasteiger partial charge is 0.122 e. The van der Waals surface area contributed by atoms with Crippen LogP contribution in [0.4, 0.5) is 0 Å². The molecule has 0 radical (unpaired) electrons. The highest BCUT2D eigenvalue weighted by molar-refractivity contribution is 5.35. The third kappa shape index (κ3) is 2.56. The Bertz CT molecular complexity index is 504. The molecule has 0 amide bonds. The van der Waals surface area contributed by atoms with Crippen LogP contribution in [0.2, 0.25) is 0 Å². The Labute approximate surface area is 108 Å². The van der Waals surface area contributed by atoms with Gasteiger partial charge in [0.1, 0.15) is 5.75 Å². The van der Waals surface area contributed by atoms with Crippen LogP contribution in [0.15, 0.2) is 54.6 Å². The van der Waals surface area contributed by atoms with Crippen molar-refractivity contribution in [1.29, 1.82) is 0 Å². The zero-order valence-electron chi connectivity index (χ0n) is 10.5. The quantitative estimate of drug-likeness (QED) is 0.785. The van der Waals surface area contributed by atoms with Gasteiger partial charge in [-0.3, -0.25) is 0 Å². The molecular weight excluding hydrogens is 220 g/mol. The van der Waals surface area contributed by atoms with Crippen molar-refractivity contribution in [3.8, 4) is 5.75 Å². The van der Waals surface area contributed by atoms with Gasteiger partial charge in [0.15, 0.2) is 0 Å². The average Bonchev–Trinajstić information content (AvgIpc) is 2.46. The zero-order valence-corrected chi connectivity index (χ0v) is 10.5. The summed E-state index contributed by atoms with van der Waals surface area (Å²) in [6.45, 7) is 0. The van der Waals surface area contributed by atoms with Crippen molar-refractivity contribution >= 4 is 0 Å². The first kappa shape index (κ1) is 11.3. The fraction of sp³-hybridized carbons (Fsp3) is 0.294. The second-order valence-electron chi connectivity index (χ2n) is 4.91. The van der Waals surface area contributed by atoms with Crippen LogP contribution in [0.5, 0.6) is 5.75 Å². The van der Waals surface area contributed by atoms with E-state index < -0.39 is 0 Å². The largest absolute Gasteiger partial charge is 0.490 e. The van der Waals surface area contributed by atoms with Crippen molar-refractivity contribution in [2.45, 2.75) is 31.8 Å². The van der Waals surface area contributed by atoms with Crippen LogP contribution in [0.25, 0.3) is 0 Å². The molecule has 1 nitrogen and oxygen atoms in total. The molecule has 1 unspecified atom stereocenters. The molecule has 0 bridgehead atoms. The van der Waals surface area contributed by atoms with Gasteiger partial charge in [0, 0.05) is 0 Å². The molecule has 3 rings (SSSR count). The predicted octanol–water partition coefficient (Wildman–Crippen LogP) is 4.01. The van der Waals surface area contributed by atoms with E-state index in [-0.39, 0.29) is 0 Å². The Morgan fingerprint density at radius 3 is 2.61 bits per heavy atom. The van der Waals surface area contributed by atoms with Crippen LogP contribution in [-0.4, -0.2) is 6.10 Å². The summed E-state index contributed by atoms with van der Waals surface area (Å²) in [4.78, 5) is 0. The second-order valence-corrected chi connectivity index (χ2v) is 4.91. The molecule has 2 aromatic rings. The Kier molecular flexibility index (Phi) is 3.31. The molecule has 1 heterocycles. The second kappa shape index (κ2) is 5.26. The molecule has 2 aromatic carbocycles. The van der Waals surface area contributed by atoms with Crippen LogP contribution in [0, 0.1) is 0 Å². The maximum absolute atomic E-state index is 6.05. The van der Waals surface area contributed by atoms with Crippen molar-refractivity contribution in [3.05, 3.63) is 65.7 Å². The Balaban J connectivity index is 1.60. The summed E-state index contributed by atoms with van der Waals surface area (Å²) in [6, 6.07) is 19.1. The Hall–Kier alpha value is -1.76. The molecule has 1 aliphatic rings.